The van der Waals surface area contributed by atoms with Gasteiger partial charge in [0, 0.05) is 49.4 Å². The Labute approximate surface area is 151 Å². The molecule has 3 rings (SSSR count). The first-order chi connectivity index (χ1) is 12.5. The first kappa shape index (κ1) is 17.8. The van der Waals surface area contributed by atoms with E-state index in [0.717, 1.165) is 29.9 Å². The molecule has 3 aromatic rings. The molecule has 2 heterocycles. The van der Waals surface area contributed by atoms with Crippen molar-refractivity contribution in [1.29, 1.82) is 0 Å². The van der Waals surface area contributed by atoms with Crippen molar-refractivity contribution in [3.63, 3.8) is 0 Å². The number of nitrogens with one attached hydrogen (secondary N) is 1. The molecule has 0 bridgehead atoms. The van der Waals surface area contributed by atoms with Crippen LogP contribution < -0.4 is 5.32 Å². The van der Waals surface area contributed by atoms with Crippen LogP contribution in [0.5, 0.6) is 0 Å². The lowest BCUT2D eigenvalue weighted by molar-refractivity contribution is 0.0952. The normalized spacial score (nSPS) is 10.9. The van der Waals surface area contributed by atoms with Crippen molar-refractivity contribution < 1.29 is 9.18 Å². The summed E-state index contributed by atoms with van der Waals surface area (Å²) >= 11 is 0. The average molecular weight is 355 g/mol. The highest BCUT2D eigenvalue weighted by atomic mass is 19.1. The predicted molar refractivity (Wildman–Crippen MR) is 97.3 cm³/mol. The van der Waals surface area contributed by atoms with Crippen molar-refractivity contribution in [3.05, 3.63) is 59.7 Å². The van der Waals surface area contributed by atoms with Crippen LogP contribution in [-0.2, 0) is 13.6 Å². The third-order valence-corrected chi connectivity index (χ3v) is 4.40. The molecule has 0 fully saturated rings. The Hall–Kier alpha value is -2.96. The van der Waals surface area contributed by atoms with Gasteiger partial charge in [0.2, 0.25) is 0 Å². The Morgan fingerprint density at radius 1 is 1.27 bits per heavy atom. The zero-order chi connectivity index (χ0) is 18.7. The van der Waals surface area contributed by atoms with E-state index >= 15 is 0 Å². The minimum atomic E-state index is -0.436. The minimum absolute atomic E-state index is 0.282. The molecule has 0 atom stereocenters. The Balaban J connectivity index is 1.71. The monoisotopic (exact) mass is 355 g/mol. The van der Waals surface area contributed by atoms with Crippen molar-refractivity contribution in [2.24, 2.45) is 7.05 Å². The van der Waals surface area contributed by atoms with E-state index in [1.807, 2.05) is 31.7 Å². The van der Waals surface area contributed by atoms with Gasteiger partial charge in [0.05, 0.1) is 12.0 Å². The van der Waals surface area contributed by atoms with Gasteiger partial charge < -0.3 is 9.88 Å². The summed E-state index contributed by atoms with van der Waals surface area (Å²) in [5, 5.41) is 7.20. The first-order valence-corrected chi connectivity index (χ1v) is 8.51. The summed E-state index contributed by atoms with van der Waals surface area (Å²) in [5.41, 5.74) is 3.57. The molecule has 2 aromatic heterocycles. The molecular weight excluding hydrogens is 333 g/mol. The molecule has 0 aliphatic rings. The van der Waals surface area contributed by atoms with Crippen molar-refractivity contribution in [2.45, 2.75) is 26.8 Å². The topological polar surface area (TPSA) is 64.7 Å². The number of aryl methyl sites for hydroxylation is 3. The minimum Gasteiger partial charge on any atom is -0.352 e. The third-order valence-electron chi connectivity index (χ3n) is 4.40. The van der Waals surface area contributed by atoms with E-state index in [4.69, 9.17) is 0 Å². The summed E-state index contributed by atoms with van der Waals surface area (Å²) in [6.07, 6.45) is 6.10. The van der Waals surface area contributed by atoms with E-state index in [-0.39, 0.29) is 5.91 Å². The molecule has 0 unspecified atom stereocenters. The molecule has 0 aliphatic heterocycles. The molecule has 0 spiro atoms. The summed E-state index contributed by atoms with van der Waals surface area (Å²) in [5.74, 6) is -0.718. The van der Waals surface area contributed by atoms with E-state index in [0.29, 0.717) is 17.7 Å². The molecule has 0 saturated heterocycles. The molecule has 26 heavy (non-hydrogen) atoms. The average Bonchev–Trinajstić information content (AvgIpc) is 3.19. The van der Waals surface area contributed by atoms with Gasteiger partial charge in [-0.25, -0.2) is 9.37 Å². The van der Waals surface area contributed by atoms with Crippen molar-refractivity contribution >= 4 is 5.91 Å². The van der Waals surface area contributed by atoms with Crippen LogP contribution in [0.25, 0.3) is 11.1 Å². The number of imidazole rings is 1. The van der Waals surface area contributed by atoms with Crippen LogP contribution in [0.15, 0.2) is 36.9 Å². The second-order valence-corrected chi connectivity index (χ2v) is 6.31. The molecule has 0 saturated carbocycles. The van der Waals surface area contributed by atoms with Gasteiger partial charge in [-0.15, -0.1) is 0 Å². The lowest BCUT2D eigenvalue weighted by Gasteiger charge is -2.09. The van der Waals surface area contributed by atoms with Crippen LogP contribution in [0.1, 0.15) is 28.2 Å². The molecular formula is C19H22FN5O. The maximum Gasteiger partial charge on any atom is 0.251 e. The Morgan fingerprint density at radius 2 is 2.08 bits per heavy atom. The number of carbonyl (C=O) groups excluding carboxylic acids is 1. The zero-order valence-corrected chi connectivity index (χ0v) is 15.2. The number of carbonyl (C=O) groups is 1. The summed E-state index contributed by atoms with van der Waals surface area (Å²) < 4.78 is 17.8. The Morgan fingerprint density at radius 3 is 2.73 bits per heavy atom. The van der Waals surface area contributed by atoms with Crippen LogP contribution in [0, 0.1) is 19.7 Å². The van der Waals surface area contributed by atoms with E-state index in [2.05, 4.69) is 15.4 Å². The Kier molecular flexibility index (Phi) is 5.16. The highest BCUT2D eigenvalue weighted by molar-refractivity contribution is 5.95. The summed E-state index contributed by atoms with van der Waals surface area (Å²) in [6, 6.07) is 4.41. The number of hydrogen-bond donors (Lipinski definition) is 1. The fraction of sp³-hybridized carbons (Fsp3) is 0.316. The lowest BCUT2D eigenvalue weighted by atomic mass is 10.0. The number of amides is 1. The van der Waals surface area contributed by atoms with E-state index < -0.39 is 5.82 Å². The molecule has 1 amide bonds. The largest absolute Gasteiger partial charge is 0.352 e. The second-order valence-electron chi connectivity index (χ2n) is 6.31. The van der Waals surface area contributed by atoms with Crippen molar-refractivity contribution in [3.8, 4) is 11.1 Å². The SMILES string of the molecule is Cc1nn(C)c(C)c1-c1cc(F)cc(C(=O)NCCCn2ccnc2)c1. The highest BCUT2D eigenvalue weighted by Gasteiger charge is 2.15. The van der Waals surface area contributed by atoms with Crippen LogP contribution in [0.4, 0.5) is 4.39 Å². The molecule has 1 aromatic carbocycles. The van der Waals surface area contributed by atoms with Gasteiger partial charge in [0.1, 0.15) is 5.82 Å². The number of aromatic nitrogens is 4. The van der Waals surface area contributed by atoms with Crippen molar-refractivity contribution in [2.75, 3.05) is 6.54 Å². The smallest absolute Gasteiger partial charge is 0.251 e. The fourth-order valence-electron chi connectivity index (χ4n) is 3.04. The molecule has 1 N–H and O–H groups in total. The lowest BCUT2D eigenvalue weighted by Crippen LogP contribution is -2.25. The standard InChI is InChI=1S/C19H22FN5O/c1-13-18(14(2)24(3)23-13)15-9-16(11-17(20)10-15)19(26)22-5-4-7-25-8-6-21-12-25/h6,8-12H,4-5,7H2,1-3H3,(H,22,26). The van der Waals surface area contributed by atoms with E-state index in [1.54, 1.807) is 23.3 Å². The van der Waals surface area contributed by atoms with Crippen LogP contribution >= 0.6 is 0 Å². The maximum absolute atomic E-state index is 14.1. The number of benzene rings is 1. The van der Waals surface area contributed by atoms with E-state index in [1.165, 1.54) is 12.1 Å². The zero-order valence-electron chi connectivity index (χ0n) is 15.2. The molecule has 136 valence electrons. The summed E-state index contributed by atoms with van der Waals surface area (Å²) in [4.78, 5) is 16.4. The highest BCUT2D eigenvalue weighted by Crippen LogP contribution is 2.28. The number of hydrogen-bond acceptors (Lipinski definition) is 3. The van der Waals surface area contributed by atoms with E-state index in [9.17, 15) is 9.18 Å². The van der Waals surface area contributed by atoms with Gasteiger partial charge in [-0.05, 0) is 44.0 Å². The predicted octanol–water partition coefficient (Wildman–Crippen LogP) is 2.86. The van der Waals surface area contributed by atoms with Gasteiger partial charge in [-0.1, -0.05) is 0 Å². The van der Waals surface area contributed by atoms with Crippen LogP contribution in [0.3, 0.4) is 0 Å². The summed E-state index contributed by atoms with van der Waals surface area (Å²) in [7, 11) is 1.85. The van der Waals surface area contributed by atoms with Gasteiger partial charge in [0.15, 0.2) is 0 Å². The second kappa shape index (κ2) is 7.51. The van der Waals surface area contributed by atoms with Crippen LogP contribution in [0.2, 0.25) is 0 Å². The van der Waals surface area contributed by atoms with Gasteiger partial charge >= 0.3 is 0 Å². The quantitative estimate of drug-likeness (QED) is 0.692. The fourth-order valence-corrected chi connectivity index (χ4v) is 3.04. The van der Waals surface area contributed by atoms with Gasteiger partial charge in [-0.2, -0.15) is 5.10 Å². The van der Waals surface area contributed by atoms with Gasteiger partial charge in [-0.3, -0.25) is 9.48 Å². The summed E-state index contributed by atoms with van der Waals surface area (Å²) in [6.45, 7) is 5.08. The molecule has 6 nitrogen and oxygen atoms in total. The molecule has 7 heteroatoms. The first-order valence-electron chi connectivity index (χ1n) is 8.51. The molecule has 0 aliphatic carbocycles. The number of rotatable bonds is 6. The van der Waals surface area contributed by atoms with Gasteiger partial charge in [0.25, 0.3) is 5.91 Å². The number of halogens is 1. The Bertz CT molecular complexity index is 914. The maximum atomic E-state index is 14.1. The third kappa shape index (κ3) is 3.82. The van der Waals surface area contributed by atoms with Crippen LogP contribution in [-0.4, -0.2) is 31.8 Å². The van der Waals surface area contributed by atoms with Crippen molar-refractivity contribution in [1.82, 2.24) is 24.6 Å². The number of nitrogens with zero attached hydrogens (tertiary/aromatic N) is 4. The molecule has 0 radical (unpaired) electrons.